The van der Waals surface area contributed by atoms with Gasteiger partial charge in [0.15, 0.2) is 11.5 Å². The van der Waals surface area contributed by atoms with Gasteiger partial charge in [-0.15, -0.1) is 24.4 Å². The fourth-order valence-electron chi connectivity index (χ4n) is 2.25. The molecule has 0 bridgehead atoms. The minimum Gasteiger partial charge on any atom is -0.310 e. The number of hydrogen-bond donors (Lipinski definition) is 1. The summed E-state index contributed by atoms with van der Waals surface area (Å²) in [5.41, 5.74) is 3.75. The summed E-state index contributed by atoms with van der Waals surface area (Å²) in [4.78, 5) is 15.7. The number of imidazole rings is 1. The Balaban J connectivity index is 2.22. The Kier molecular flexibility index (Phi) is 3.91. The minimum absolute atomic E-state index is 0.812. The Morgan fingerprint density at radius 1 is 1.24 bits per heavy atom. The fourth-order valence-corrected chi connectivity index (χ4v) is 3.29. The molecule has 0 saturated heterocycles. The van der Waals surface area contributed by atoms with E-state index in [4.69, 9.17) is 4.98 Å². The molecule has 21 heavy (non-hydrogen) atoms. The van der Waals surface area contributed by atoms with E-state index in [1.54, 1.807) is 18.0 Å². The number of fused-ring (bicyclic) bond motifs is 1. The first-order chi connectivity index (χ1) is 10.1. The van der Waals surface area contributed by atoms with E-state index in [2.05, 4.69) is 42.5 Å². The number of nitrogens with zero attached hydrogens (tertiary/aromatic N) is 4. The molecular formula is C15H16N4S2. The molecule has 0 N–H and O–H groups in total. The molecule has 0 radical (unpaired) electrons. The van der Waals surface area contributed by atoms with Crippen molar-refractivity contribution in [3.05, 3.63) is 30.1 Å². The highest BCUT2D eigenvalue weighted by Gasteiger charge is 2.16. The molecule has 3 heterocycles. The van der Waals surface area contributed by atoms with E-state index in [-0.39, 0.29) is 0 Å². The third-order valence-electron chi connectivity index (χ3n) is 3.20. The summed E-state index contributed by atoms with van der Waals surface area (Å²) in [5, 5.41) is 0. The average molecular weight is 316 g/mol. The molecule has 3 rings (SSSR count). The summed E-state index contributed by atoms with van der Waals surface area (Å²) >= 11 is 6.11. The van der Waals surface area contributed by atoms with Gasteiger partial charge in [-0.05, 0) is 30.4 Å². The van der Waals surface area contributed by atoms with E-state index < -0.39 is 0 Å². The maximum atomic E-state index is 4.69. The third kappa shape index (κ3) is 2.65. The molecule has 0 aromatic carbocycles. The number of rotatable bonds is 3. The maximum Gasteiger partial charge on any atom is 0.161 e. The van der Waals surface area contributed by atoms with Gasteiger partial charge in [0, 0.05) is 29.2 Å². The molecule has 0 aliphatic rings. The van der Waals surface area contributed by atoms with Crippen LogP contribution in [0.2, 0.25) is 0 Å². The molecule has 108 valence electrons. The summed E-state index contributed by atoms with van der Waals surface area (Å²) in [7, 11) is 1.97. The molecule has 0 unspecified atom stereocenters. The van der Waals surface area contributed by atoms with Crippen molar-refractivity contribution in [3.8, 4) is 11.5 Å². The first-order valence-electron chi connectivity index (χ1n) is 6.71. The van der Waals surface area contributed by atoms with Crippen LogP contribution in [-0.2, 0) is 7.05 Å². The van der Waals surface area contributed by atoms with Gasteiger partial charge in [0.05, 0.1) is 0 Å². The second-order valence-electron chi connectivity index (χ2n) is 4.82. The molecular weight excluding hydrogens is 300 g/mol. The van der Waals surface area contributed by atoms with Crippen molar-refractivity contribution in [2.75, 3.05) is 5.75 Å². The van der Waals surface area contributed by atoms with Gasteiger partial charge in [-0.1, -0.05) is 6.92 Å². The molecule has 0 spiro atoms. The molecule has 0 saturated carbocycles. The maximum absolute atomic E-state index is 4.69. The van der Waals surface area contributed by atoms with E-state index in [9.17, 15) is 0 Å². The van der Waals surface area contributed by atoms with Gasteiger partial charge in [-0.2, -0.15) is 0 Å². The fraction of sp³-hybridized carbons (Fsp3) is 0.267. The normalized spacial score (nSPS) is 11.2. The average Bonchev–Trinajstić information content (AvgIpc) is 2.76. The van der Waals surface area contributed by atoms with Gasteiger partial charge in [0.1, 0.15) is 11.2 Å². The van der Waals surface area contributed by atoms with E-state index >= 15 is 0 Å². The van der Waals surface area contributed by atoms with Crippen molar-refractivity contribution in [3.63, 3.8) is 0 Å². The molecule has 0 amide bonds. The van der Waals surface area contributed by atoms with Gasteiger partial charge in [-0.3, -0.25) is 4.98 Å². The predicted octanol–water partition coefficient (Wildman–Crippen LogP) is 3.74. The van der Waals surface area contributed by atoms with Crippen LogP contribution in [0.3, 0.4) is 0 Å². The van der Waals surface area contributed by atoms with Gasteiger partial charge in [-0.25, -0.2) is 9.97 Å². The first-order valence-corrected chi connectivity index (χ1v) is 8.14. The van der Waals surface area contributed by atoms with E-state index in [1.807, 2.05) is 23.9 Å². The standard InChI is InChI=1S/C15H16N4S2/c1-4-21-12-5-9(2)7-16-13(12)15-18-11-6-10(20)8-17-14(11)19(15)3/h5-8,20H,4H2,1-3H3. The van der Waals surface area contributed by atoms with Gasteiger partial charge >= 0.3 is 0 Å². The highest BCUT2D eigenvalue weighted by molar-refractivity contribution is 7.99. The van der Waals surface area contributed by atoms with Crippen LogP contribution in [0.5, 0.6) is 0 Å². The van der Waals surface area contributed by atoms with Crippen LogP contribution in [0.25, 0.3) is 22.7 Å². The lowest BCUT2D eigenvalue weighted by Crippen LogP contribution is -1.98. The number of thioether (sulfide) groups is 1. The highest BCUT2D eigenvalue weighted by atomic mass is 32.2. The molecule has 4 nitrogen and oxygen atoms in total. The predicted molar refractivity (Wildman–Crippen MR) is 90.1 cm³/mol. The summed E-state index contributed by atoms with van der Waals surface area (Å²) in [6.07, 6.45) is 3.62. The molecule has 3 aromatic rings. The lowest BCUT2D eigenvalue weighted by atomic mass is 10.2. The minimum atomic E-state index is 0.812. The summed E-state index contributed by atoms with van der Waals surface area (Å²) < 4.78 is 1.99. The number of aryl methyl sites for hydroxylation is 2. The molecule has 6 heteroatoms. The summed E-state index contributed by atoms with van der Waals surface area (Å²) in [5.74, 6) is 1.84. The largest absolute Gasteiger partial charge is 0.310 e. The lowest BCUT2D eigenvalue weighted by Gasteiger charge is -2.08. The smallest absolute Gasteiger partial charge is 0.161 e. The zero-order valence-electron chi connectivity index (χ0n) is 12.2. The number of pyridine rings is 2. The lowest BCUT2D eigenvalue weighted by molar-refractivity contribution is 0.925. The van der Waals surface area contributed by atoms with Crippen molar-refractivity contribution in [1.82, 2.24) is 19.5 Å². The second-order valence-corrected chi connectivity index (χ2v) is 6.65. The van der Waals surface area contributed by atoms with Crippen LogP contribution in [0, 0.1) is 6.92 Å². The molecule has 0 aliphatic heterocycles. The topological polar surface area (TPSA) is 43.6 Å². The second kappa shape index (κ2) is 5.69. The quantitative estimate of drug-likeness (QED) is 0.590. The van der Waals surface area contributed by atoms with E-state index in [1.165, 1.54) is 0 Å². The van der Waals surface area contributed by atoms with E-state index in [0.717, 1.165) is 43.8 Å². The SMILES string of the molecule is CCSc1cc(C)cnc1-c1nc2cc(S)cnc2n1C. The monoisotopic (exact) mass is 316 g/mol. The number of aromatic nitrogens is 4. The van der Waals surface area contributed by atoms with Crippen molar-refractivity contribution < 1.29 is 0 Å². The van der Waals surface area contributed by atoms with Crippen molar-refractivity contribution in [1.29, 1.82) is 0 Å². The molecule has 0 atom stereocenters. The Labute approximate surface area is 133 Å². The summed E-state index contributed by atoms with van der Waals surface area (Å²) in [6.45, 7) is 4.20. The van der Waals surface area contributed by atoms with Crippen molar-refractivity contribution in [2.24, 2.45) is 7.05 Å². The highest BCUT2D eigenvalue weighted by Crippen LogP contribution is 2.31. The molecule has 0 fully saturated rings. The van der Waals surface area contributed by atoms with Crippen LogP contribution in [0.4, 0.5) is 0 Å². The number of hydrogen-bond acceptors (Lipinski definition) is 5. The van der Waals surface area contributed by atoms with Gasteiger partial charge in [0.25, 0.3) is 0 Å². The first kappa shape index (κ1) is 14.4. The van der Waals surface area contributed by atoms with Crippen molar-refractivity contribution >= 4 is 35.6 Å². The van der Waals surface area contributed by atoms with Crippen LogP contribution < -0.4 is 0 Å². The zero-order chi connectivity index (χ0) is 15.0. The molecule has 3 aromatic heterocycles. The van der Waals surface area contributed by atoms with E-state index in [0.29, 0.717) is 0 Å². The Bertz CT molecular complexity index is 811. The Morgan fingerprint density at radius 3 is 2.81 bits per heavy atom. The zero-order valence-corrected chi connectivity index (χ0v) is 13.9. The Hall–Kier alpha value is -1.53. The molecule has 0 aliphatic carbocycles. The van der Waals surface area contributed by atoms with Crippen LogP contribution >= 0.6 is 24.4 Å². The van der Waals surface area contributed by atoms with Crippen LogP contribution in [0.15, 0.2) is 34.3 Å². The van der Waals surface area contributed by atoms with Crippen molar-refractivity contribution in [2.45, 2.75) is 23.6 Å². The Morgan fingerprint density at radius 2 is 2.05 bits per heavy atom. The van der Waals surface area contributed by atoms with Gasteiger partial charge in [0.2, 0.25) is 0 Å². The number of thiol groups is 1. The third-order valence-corrected chi connectivity index (χ3v) is 4.35. The van der Waals surface area contributed by atoms with Gasteiger partial charge < -0.3 is 4.57 Å². The van der Waals surface area contributed by atoms with Crippen LogP contribution in [0.1, 0.15) is 12.5 Å². The summed E-state index contributed by atoms with van der Waals surface area (Å²) in [6, 6.07) is 4.09. The van der Waals surface area contributed by atoms with Crippen LogP contribution in [-0.4, -0.2) is 25.3 Å².